The van der Waals surface area contributed by atoms with Crippen molar-refractivity contribution in [3.63, 3.8) is 0 Å². The normalized spacial score (nSPS) is 18.4. The lowest BCUT2D eigenvalue weighted by Gasteiger charge is -2.43. The van der Waals surface area contributed by atoms with E-state index in [4.69, 9.17) is 9.47 Å². The monoisotopic (exact) mass is 610 g/mol. The third kappa shape index (κ3) is 6.34. The van der Waals surface area contributed by atoms with Crippen LogP contribution in [0.25, 0.3) is 0 Å². The summed E-state index contributed by atoms with van der Waals surface area (Å²) in [5.74, 6) is 1.51. The van der Waals surface area contributed by atoms with E-state index in [0.29, 0.717) is 55.6 Å². The van der Waals surface area contributed by atoms with Crippen molar-refractivity contribution in [1.82, 2.24) is 14.7 Å². The van der Waals surface area contributed by atoms with Crippen molar-refractivity contribution in [1.29, 1.82) is 0 Å². The molecule has 0 unspecified atom stereocenters. The molecule has 3 aliphatic heterocycles. The molecule has 9 nitrogen and oxygen atoms in total. The number of amides is 3. The van der Waals surface area contributed by atoms with Crippen molar-refractivity contribution < 1.29 is 23.9 Å². The van der Waals surface area contributed by atoms with E-state index in [0.717, 1.165) is 38.0 Å². The zero-order valence-corrected chi connectivity index (χ0v) is 26.2. The molecule has 3 aromatic carbocycles. The molecule has 0 atom stereocenters. The van der Waals surface area contributed by atoms with Crippen molar-refractivity contribution in [2.75, 3.05) is 58.5 Å². The largest absolute Gasteiger partial charge is 0.497 e. The van der Waals surface area contributed by atoms with Crippen LogP contribution in [0.4, 0.5) is 5.69 Å². The first-order valence-electron chi connectivity index (χ1n) is 15.9. The maximum atomic E-state index is 14.2. The molecule has 0 bridgehead atoms. The van der Waals surface area contributed by atoms with Crippen LogP contribution < -0.4 is 14.4 Å². The zero-order chi connectivity index (χ0) is 31.4. The fraction of sp³-hybridized carbons (Fsp3) is 0.417. The van der Waals surface area contributed by atoms with Gasteiger partial charge in [-0.3, -0.25) is 14.4 Å². The summed E-state index contributed by atoms with van der Waals surface area (Å²) in [7, 11) is 3.12. The number of methoxy groups -OCH3 is 2. The van der Waals surface area contributed by atoms with E-state index in [9.17, 15) is 14.4 Å². The molecule has 3 aromatic rings. The molecule has 45 heavy (non-hydrogen) atoms. The van der Waals surface area contributed by atoms with E-state index >= 15 is 0 Å². The minimum absolute atomic E-state index is 0.00570. The maximum Gasteiger partial charge on any atom is 0.254 e. The molecule has 0 saturated carbocycles. The Balaban J connectivity index is 1.13. The van der Waals surface area contributed by atoms with Gasteiger partial charge in [0.2, 0.25) is 5.91 Å². The van der Waals surface area contributed by atoms with Crippen molar-refractivity contribution in [2.45, 2.75) is 37.6 Å². The molecule has 9 heteroatoms. The Bertz CT molecular complexity index is 1480. The molecule has 236 valence electrons. The molecule has 3 heterocycles. The summed E-state index contributed by atoms with van der Waals surface area (Å²) < 4.78 is 10.7. The van der Waals surface area contributed by atoms with E-state index in [-0.39, 0.29) is 24.3 Å². The summed E-state index contributed by atoms with van der Waals surface area (Å²) in [6.45, 7) is 2.70. The predicted molar refractivity (Wildman–Crippen MR) is 172 cm³/mol. The number of hydrogen-bond donors (Lipinski definition) is 0. The van der Waals surface area contributed by atoms with Crippen molar-refractivity contribution >= 4 is 23.4 Å². The Morgan fingerprint density at radius 1 is 0.800 bits per heavy atom. The lowest BCUT2D eigenvalue weighted by molar-refractivity contribution is -0.141. The molecule has 6 rings (SSSR count). The van der Waals surface area contributed by atoms with Gasteiger partial charge in [-0.25, -0.2) is 0 Å². The van der Waals surface area contributed by atoms with Gasteiger partial charge < -0.3 is 29.1 Å². The van der Waals surface area contributed by atoms with Gasteiger partial charge in [-0.05, 0) is 67.9 Å². The molecule has 3 fully saturated rings. The number of anilines is 1. The summed E-state index contributed by atoms with van der Waals surface area (Å²) in [6, 6.07) is 25.6. The van der Waals surface area contributed by atoms with Crippen molar-refractivity contribution in [3.8, 4) is 11.5 Å². The molecule has 3 saturated heterocycles. The fourth-order valence-electron chi connectivity index (χ4n) is 7.11. The van der Waals surface area contributed by atoms with Crippen LogP contribution in [-0.4, -0.2) is 91.6 Å². The Labute approximate surface area is 265 Å². The lowest BCUT2D eigenvalue weighted by Crippen LogP contribution is -2.57. The van der Waals surface area contributed by atoms with Gasteiger partial charge >= 0.3 is 0 Å². The highest BCUT2D eigenvalue weighted by atomic mass is 16.5. The zero-order valence-electron chi connectivity index (χ0n) is 26.2. The van der Waals surface area contributed by atoms with Crippen molar-refractivity contribution in [2.24, 2.45) is 5.92 Å². The summed E-state index contributed by atoms with van der Waals surface area (Å²) in [4.78, 5) is 48.9. The summed E-state index contributed by atoms with van der Waals surface area (Å²) in [5.41, 5.74) is 1.96. The molecule has 0 aliphatic carbocycles. The smallest absolute Gasteiger partial charge is 0.254 e. The van der Waals surface area contributed by atoms with Gasteiger partial charge in [0.1, 0.15) is 23.6 Å². The maximum absolute atomic E-state index is 14.2. The van der Waals surface area contributed by atoms with Gasteiger partial charge in [-0.1, -0.05) is 48.5 Å². The van der Waals surface area contributed by atoms with Gasteiger partial charge in [-0.15, -0.1) is 0 Å². The Morgan fingerprint density at radius 2 is 1.40 bits per heavy atom. The first-order chi connectivity index (χ1) is 21.9. The van der Waals surface area contributed by atoms with Crippen LogP contribution in [0.5, 0.6) is 11.5 Å². The van der Waals surface area contributed by atoms with Crippen LogP contribution in [0.1, 0.15) is 41.6 Å². The highest BCUT2D eigenvalue weighted by Crippen LogP contribution is 2.40. The first-order valence-corrected chi connectivity index (χ1v) is 15.9. The third-order valence-electron chi connectivity index (χ3n) is 9.72. The molecule has 0 aromatic heterocycles. The molecule has 3 amide bonds. The molecule has 1 spiro atoms. The minimum Gasteiger partial charge on any atom is -0.497 e. The standard InChI is InChI=1S/C36H42N4O5/c1-44-31-22-29(23-32(24-31)45-2)34(42)38-19-15-36(16-20-38)35(43)39(26-40(36)30-11-7-4-8-12-30)25-33(41)37-17-13-28(14-18-37)21-27-9-5-3-6-10-27/h3-12,22-24,28H,13-21,25-26H2,1-2H3. The minimum atomic E-state index is -0.812. The van der Waals surface area contributed by atoms with Crippen LogP contribution in [0, 0.1) is 5.92 Å². The topological polar surface area (TPSA) is 82.6 Å². The summed E-state index contributed by atoms with van der Waals surface area (Å²) in [5, 5.41) is 0. The van der Waals surface area contributed by atoms with Gasteiger partial charge in [0.25, 0.3) is 11.8 Å². The number of ether oxygens (including phenoxy) is 2. The second kappa shape index (κ2) is 13.2. The molecule has 3 aliphatic rings. The molecular formula is C36H42N4O5. The summed E-state index contributed by atoms with van der Waals surface area (Å²) in [6.07, 6.45) is 3.93. The van der Waals surface area contributed by atoms with Crippen LogP contribution in [0.3, 0.4) is 0 Å². The lowest BCUT2D eigenvalue weighted by atomic mass is 9.85. The molecular weight excluding hydrogens is 568 g/mol. The highest BCUT2D eigenvalue weighted by Gasteiger charge is 2.54. The van der Waals surface area contributed by atoms with E-state index in [1.165, 1.54) is 5.56 Å². The average Bonchev–Trinajstić information content (AvgIpc) is 3.35. The Kier molecular flexibility index (Phi) is 8.96. The second-order valence-electron chi connectivity index (χ2n) is 12.3. The van der Waals surface area contributed by atoms with Crippen molar-refractivity contribution in [3.05, 3.63) is 90.0 Å². The number of piperidine rings is 2. The van der Waals surface area contributed by atoms with Gasteiger partial charge in [0.15, 0.2) is 0 Å². The fourth-order valence-corrected chi connectivity index (χ4v) is 7.11. The van der Waals surface area contributed by atoms with E-state index < -0.39 is 5.54 Å². The van der Waals surface area contributed by atoms with Gasteiger partial charge in [0.05, 0.1) is 20.9 Å². The number of rotatable bonds is 8. The van der Waals surface area contributed by atoms with E-state index in [1.54, 1.807) is 42.2 Å². The number of nitrogens with zero attached hydrogens (tertiary/aromatic N) is 4. The number of benzene rings is 3. The quantitative estimate of drug-likeness (QED) is 0.375. The van der Waals surface area contributed by atoms with Crippen LogP contribution in [0.2, 0.25) is 0 Å². The van der Waals surface area contributed by atoms with E-state index in [1.807, 2.05) is 41.3 Å². The number of carbonyl (C=O) groups is 3. The number of para-hydroxylation sites is 1. The predicted octanol–water partition coefficient (Wildman–Crippen LogP) is 4.47. The number of hydrogen-bond acceptors (Lipinski definition) is 6. The molecule has 0 N–H and O–H groups in total. The van der Waals surface area contributed by atoms with Crippen LogP contribution in [-0.2, 0) is 16.0 Å². The van der Waals surface area contributed by atoms with Crippen LogP contribution >= 0.6 is 0 Å². The number of carbonyl (C=O) groups excluding carboxylic acids is 3. The average molecular weight is 611 g/mol. The van der Waals surface area contributed by atoms with Gasteiger partial charge in [-0.2, -0.15) is 0 Å². The summed E-state index contributed by atoms with van der Waals surface area (Å²) >= 11 is 0. The Morgan fingerprint density at radius 3 is 2.00 bits per heavy atom. The first kappa shape index (κ1) is 30.5. The SMILES string of the molecule is COc1cc(OC)cc(C(=O)N2CCC3(CC2)C(=O)N(CC(=O)N2CCC(Cc4ccccc4)CC2)CN3c2ccccc2)c1. The third-order valence-corrected chi connectivity index (χ3v) is 9.72. The number of likely N-dealkylation sites (tertiary alicyclic amines) is 2. The Hall–Kier alpha value is -4.53. The van der Waals surface area contributed by atoms with Gasteiger partial charge in [0, 0.05) is 43.5 Å². The van der Waals surface area contributed by atoms with Crippen LogP contribution in [0.15, 0.2) is 78.9 Å². The molecule has 0 radical (unpaired) electrons. The highest BCUT2D eigenvalue weighted by molar-refractivity contribution is 5.98. The second-order valence-corrected chi connectivity index (χ2v) is 12.3. The van der Waals surface area contributed by atoms with E-state index in [2.05, 4.69) is 29.2 Å².